The Bertz CT molecular complexity index is 686. The first kappa shape index (κ1) is 14.7. The number of rotatable bonds is 2. The minimum atomic E-state index is -4.65. The van der Waals surface area contributed by atoms with Crippen LogP contribution in [0.15, 0.2) is 24.4 Å². The van der Waals surface area contributed by atoms with Crippen molar-refractivity contribution >= 4 is 23.2 Å². The van der Waals surface area contributed by atoms with Crippen molar-refractivity contribution in [1.82, 2.24) is 9.78 Å². The Kier molecular flexibility index (Phi) is 3.93. The highest BCUT2D eigenvalue weighted by molar-refractivity contribution is 6.36. The molecule has 104 valence electrons. The van der Waals surface area contributed by atoms with Crippen LogP contribution in [0.3, 0.4) is 0 Å². The Balaban J connectivity index is 2.66. The normalized spacial score (nSPS) is 11.4. The summed E-state index contributed by atoms with van der Waals surface area (Å²) in [5, 5.41) is 12.6. The SMILES string of the molecule is N#CCn1ncc(-c2ccc(Cl)cc2Cl)c1C(F)(F)F. The van der Waals surface area contributed by atoms with Crippen LogP contribution in [0.2, 0.25) is 10.0 Å². The van der Waals surface area contributed by atoms with Crippen LogP contribution < -0.4 is 0 Å². The maximum absolute atomic E-state index is 13.1. The predicted molar refractivity (Wildman–Crippen MR) is 68.3 cm³/mol. The van der Waals surface area contributed by atoms with Crippen LogP contribution in [0, 0.1) is 11.3 Å². The van der Waals surface area contributed by atoms with E-state index in [1.807, 2.05) is 0 Å². The van der Waals surface area contributed by atoms with E-state index in [9.17, 15) is 13.2 Å². The Morgan fingerprint density at radius 2 is 1.95 bits per heavy atom. The van der Waals surface area contributed by atoms with E-state index >= 15 is 0 Å². The minimum Gasteiger partial charge on any atom is -0.246 e. The standard InChI is InChI=1S/C12H6Cl2F3N3/c13-7-1-2-8(10(14)5-7)9-6-19-20(4-3-18)11(9)12(15,16)17/h1-2,5-6H,4H2. The van der Waals surface area contributed by atoms with Gasteiger partial charge >= 0.3 is 6.18 Å². The van der Waals surface area contributed by atoms with Gasteiger partial charge in [0.1, 0.15) is 6.54 Å². The van der Waals surface area contributed by atoms with E-state index in [0.717, 1.165) is 6.20 Å². The molecule has 0 radical (unpaired) electrons. The van der Waals surface area contributed by atoms with Crippen molar-refractivity contribution < 1.29 is 13.2 Å². The van der Waals surface area contributed by atoms with Crippen molar-refractivity contribution in [2.45, 2.75) is 12.7 Å². The summed E-state index contributed by atoms with van der Waals surface area (Å²) >= 11 is 11.6. The van der Waals surface area contributed by atoms with E-state index in [4.69, 9.17) is 28.5 Å². The lowest BCUT2D eigenvalue weighted by Gasteiger charge is -2.11. The van der Waals surface area contributed by atoms with Crippen LogP contribution in [0.1, 0.15) is 5.69 Å². The molecule has 0 amide bonds. The van der Waals surface area contributed by atoms with Crippen molar-refractivity contribution in [2.24, 2.45) is 0 Å². The number of nitrogens with zero attached hydrogens (tertiary/aromatic N) is 3. The van der Waals surface area contributed by atoms with Gasteiger partial charge in [-0.3, -0.25) is 0 Å². The van der Waals surface area contributed by atoms with Gasteiger partial charge in [-0.2, -0.15) is 23.5 Å². The second kappa shape index (κ2) is 5.35. The average Bonchev–Trinajstić information content (AvgIpc) is 2.73. The molecule has 0 atom stereocenters. The van der Waals surface area contributed by atoms with Gasteiger partial charge in [-0.05, 0) is 12.1 Å². The van der Waals surface area contributed by atoms with E-state index < -0.39 is 18.4 Å². The molecule has 1 heterocycles. The molecule has 2 rings (SSSR count). The maximum atomic E-state index is 13.1. The van der Waals surface area contributed by atoms with Gasteiger partial charge in [0.15, 0.2) is 5.69 Å². The van der Waals surface area contributed by atoms with Gasteiger partial charge in [0, 0.05) is 16.1 Å². The van der Waals surface area contributed by atoms with Crippen LogP contribution in [0.5, 0.6) is 0 Å². The zero-order chi connectivity index (χ0) is 14.9. The first-order valence-corrected chi connectivity index (χ1v) is 6.05. The molecule has 0 spiro atoms. The zero-order valence-corrected chi connectivity index (χ0v) is 11.3. The largest absolute Gasteiger partial charge is 0.433 e. The van der Waals surface area contributed by atoms with Gasteiger partial charge in [0.2, 0.25) is 0 Å². The summed E-state index contributed by atoms with van der Waals surface area (Å²) in [5.41, 5.74) is -1.04. The molecule has 0 aliphatic rings. The summed E-state index contributed by atoms with van der Waals surface area (Å²) in [6.45, 7) is -0.500. The fourth-order valence-electron chi connectivity index (χ4n) is 1.78. The van der Waals surface area contributed by atoms with Crippen molar-refractivity contribution in [1.29, 1.82) is 5.26 Å². The number of alkyl halides is 3. The third-order valence-electron chi connectivity index (χ3n) is 2.55. The molecule has 0 aliphatic heterocycles. The van der Waals surface area contributed by atoms with E-state index in [0.29, 0.717) is 9.70 Å². The highest BCUT2D eigenvalue weighted by Gasteiger charge is 2.38. The molecular weight excluding hydrogens is 314 g/mol. The van der Waals surface area contributed by atoms with Gasteiger partial charge in [-0.15, -0.1) is 0 Å². The van der Waals surface area contributed by atoms with E-state index in [2.05, 4.69) is 5.10 Å². The van der Waals surface area contributed by atoms with E-state index in [1.165, 1.54) is 18.2 Å². The van der Waals surface area contributed by atoms with Crippen LogP contribution in [0.25, 0.3) is 11.1 Å². The zero-order valence-electron chi connectivity index (χ0n) is 9.75. The lowest BCUT2D eigenvalue weighted by molar-refractivity contribution is -0.143. The molecule has 3 nitrogen and oxygen atoms in total. The Hall–Kier alpha value is -1.71. The van der Waals surface area contributed by atoms with Gasteiger partial charge in [0.25, 0.3) is 0 Å². The number of halogens is 5. The van der Waals surface area contributed by atoms with Crippen LogP contribution >= 0.6 is 23.2 Å². The molecule has 0 bridgehead atoms. The van der Waals surface area contributed by atoms with E-state index in [1.54, 1.807) is 6.07 Å². The van der Waals surface area contributed by atoms with Crippen LogP contribution in [0.4, 0.5) is 13.2 Å². The monoisotopic (exact) mass is 319 g/mol. The summed E-state index contributed by atoms with van der Waals surface area (Å²) in [5.74, 6) is 0. The summed E-state index contributed by atoms with van der Waals surface area (Å²) in [6, 6.07) is 5.80. The van der Waals surface area contributed by atoms with Crippen molar-refractivity contribution in [3.05, 3.63) is 40.1 Å². The molecular formula is C12H6Cl2F3N3. The van der Waals surface area contributed by atoms with Crippen LogP contribution in [-0.4, -0.2) is 9.78 Å². The Labute approximate surface area is 122 Å². The van der Waals surface area contributed by atoms with Gasteiger partial charge in [0.05, 0.1) is 17.3 Å². The first-order valence-electron chi connectivity index (χ1n) is 5.30. The third-order valence-corrected chi connectivity index (χ3v) is 3.10. The van der Waals surface area contributed by atoms with Gasteiger partial charge in [-0.25, -0.2) is 4.68 Å². The molecule has 8 heteroatoms. The molecule has 2 aromatic rings. The number of hydrogen-bond acceptors (Lipinski definition) is 2. The van der Waals surface area contributed by atoms with E-state index in [-0.39, 0.29) is 16.1 Å². The third kappa shape index (κ3) is 2.74. The summed E-state index contributed by atoms with van der Waals surface area (Å²) in [7, 11) is 0. The summed E-state index contributed by atoms with van der Waals surface area (Å²) in [4.78, 5) is 0. The average molecular weight is 320 g/mol. The summed E-state index contributed by atoms with van der Waals surface area (Å²) in [6.07, 6.45) is -3.61. The second-order valence-electron chi connectivity index (χ2n) is 3.84. The molecule has 20 heavy (non-hydrogen) atoms. The number of hydrogen-bond donors (Lipinski definition) is 0. The van der Waals surface area contributed by atoms with Crippen LogP contribution in [-0.2, 0) is 12.7 Å². The van der Waals surface area contributed by atoms with Crippen molar-refractivity contribution in [3.63, 3.8) is 0 Å². The smallest absolute Gasteiger partial charge is 0.246 e. The Morgan fingerprint density at radius 3 is 2.50 bits per heavy atom. The Morgan fingerprint density at radius 1 is 1.25 bits per heavy atom. The highest BCUT2D eigenvalue weighted by atomic mass is 35.5. The molecule has 1 aromatic carbocycles. The molecule has 1 aromatic heterocycles. The second-order valence-corrected chi connectivity index (χ2v) is 4.69. The molecule has 0 fully saturated rings. The number of aromatic nitrogens is 2. The van der Waals surface area contributed by atoms with Gasteiger partial charge in [-0.1, -0.05) is 29.3 Å². The maximum Gasteiger partial charge on any atom is 0.433 e. The fraction of sp³-hybridized carbons (Fsp3) is 0.167. The topological polar surface area (TPSA) is 41.6 Å². The lowest BCUT2D eigenvalue weighted by Crippen LogP contribution is -2.15. The summed E-state index contributed by atoms with van der Waals surface area (Å²) < 4.78 is 40.0. The molecule has 0 aliphatic carbocycles. The highest BCUT2D eigenvalue weighted by Crippen LogP contribution is 2.40. The molecule has 0 saturated carbocycles. The number of benzene rings is 1. The first-order chi connectivity index (χ1) is 9.34. The lowest BCUT2D eigenvalue weighted by atomic mass is 10.1. The molecule has 0 N–H and O–H groups in total. The van der Waals surface area contributed by atoms with Gasteiger partial charge < -0.3 is 0 Å². The fourth-order valence-corrected chi connectivity index (χ4v) is 2.29. The minimum absolute atomic E-state index is 0.0829. The van der Waals surface area contributed by atoms with Crippen molar-refractivity contribution in [3.8, 4) is 17.2 Å². The molecule has 0 unspecified atom stereocenters. The predicted octanol–water partition coefficient (Wildman–Crippen LogP) is 4.40. The van der Waals surface area contributed by atoms with Crippen molar-refractivity contribution in [2.75, 3.05) is 0 Å². The number of nitriles is 1. The quantitative estimate of drug-likeness (QED) is 0.823. The molecule has 0 saturated heterocycles.